The van der Waals surface area contributed by atoms with Crippen LogP contribution < -0.4 is 0 Å². The van der Waals surface area contributed by atoms with Crippen LogP contribution in [0, 0.1) is 5.92 Å². The van der Waals surface area contributed by atoms with Gasteiger partial charge in [0.2, 0.25) is 0 Å². The number of aliphatic carboxylic acids is 1. The Labute approximate surface area is 119 Å². The number of ether oxygens (including phenoxy) is 1. The van der Waals surface area contributed by atoms with Crippen LogP contribution in [0.2, 0.25) is 0 Å². The predicted octanol–water partition coefficient (Wildman–Crippen LogP) is 2.03. The Kier molecular flexibility index (Phi) is 9.16. The Balaban J connectivity index is 4.14. The summed E-state index contributed by atoms with van der Waals surface area (Å²) >= 11 is 0. The van der Waals surface area contributed by atoms with Gasteiger partial charge in [0.25, 0.3) is 0 Å². The van der Waals surface area contributed by atoms with Crippen molar-refractivity contribution in [2.24, 2.45) is 5.92 Å². The fraction of sp³-hybridized carbons (Fsp3) is 0.857. The number of esters is 1. The summed E-state index contributed by atoms with van der Waals surface area (Å²) < 4.78 is 4.72. The summed E-state index contributed by atoms with van der Waals surface area (Å²) in [6, 6.07) is 0. The lowest BCUT2D eigenvalue weighted by Gasteiger charge is -2.29. The lowest BCUT2D eigenvalue weighted by Crippen LogP contribution is -2.42. The van der Waals surface area contributed by atoms with Crippen molar-refractivity contribution in [2.45, 2.75) is 71.2 Å². The van der Waals surface area contributed by atoms with Crippen LogP contribution in [0.3, 0.4) is 0 Å². The minimum atomic E-state index is -2.44. The molecule has 0 bridgehead atoms. The highest BCUT2D eigenvalue weighted by molar-refractivity contribution is 5.70. The third-order valence-corrected chi connectivity index (χ3v) is 3.22. The van der Waals surface area contributed by atoms with Crippen molar-refractivity contribution >= 4 is 11.9 Å². The molecular formula is C14H26O6. The fourth-order valence-corrected chi connectivity index (χ4v) is 1.96. The highest BCUT2D eigenvalue weighted by Gasteiger charge is 2.37. The molecule has 118 valence electrons. The van der Waals surface area contributed by atoms with E-state index in [-0.39, 0.29) is 12.8 Å². The Hall–Kier alpha value is -1.14. The first-order chi connectivity index (χ1) is 9.33. The van der Waals surface area contributed by atoms with Crippen molar-refractivity contribution in [1.29, 1.82) is 0 Å². The summed E-state index contributed by atoms with van der Waals surface area (Å²) in [5.41, 5.74) is 0. The molecule has 1 atom stereocenters. The number of rotatable bonds is 11. The highest BCUT2D eigenvalue weighted by Crippen LogP contribution is 2.26. The van der Waals surface area contributed by atoms with Crippen molar-refractivity contribution in [1.82, 2.24) is 0 Å². The molecule has 0 saturated carbocycles. The molecule has 0 aromatic heterocycles. The summed E-state index contributed by atoms with van der Waals surface area (Å²) in [7, 11) is 0. The highest BCUT2D eigenvalue weighted by atomic mass is 16.8. The molecule has 0 heterocycles. The third-order valence-electron chi connectivity index (χ3n) is 3.22. The van der Waals surface area contributed by atoms with Crippen LogP contribution in [0.15, 0.2) is 0 Å². The van der Waals surface area contributed by atoms with E-state index in [9.17, 15) is 19.8 Å². The van der Waals surface area contributed by atoms with Gasteiger partial charge in [0.15, 0.2) is 0 Å². The van der Waals surface area contributed by atoms with Crippen LogP contribution in [0.1, 0.15) is 65.2 Å². The molecule has 20 heavy (non-hydrogen) atoms. The van der Waals surface area contributed by atoms with Crippen LogP contribution >= 0.6 is 0 Å². The molecule has 0 spiro atoms. The maximum atomic E-state index is 11.5. The molecule has 0 aliphatic carbocycles. The standard InChI is InChI=1S/C14H26O6/c1-3-5-8-11(4-2)14(18,19)20-13(17)10-7-6-9-12(15)16/h11,18-19H,3-10H2,1-2H3,(H,15,16). The van der Waals surface area contributed by atoms with Crippen molar-refractivity contribution in [2.75, 3.05) is 0 Å². The zero-order valence-corrected chi connectivity index (χ0v) is 12.3. The number of aliphatic hydroxyl groups is 2. The summed E-state index contributed by atoms with van der Waals surface area (Å²) in [6.07, 6.45) is 3.53. The smallest absolute Gasteiger partial charge is 0.327 e. The molecule has 6 nitrogen and oxygen atoms in total. The van der Waals surface area contributed by atoms with Crippen LogP contribution in [-0.2, 0) is 14.3 Å². The zero-order chi connectivity index (χ0) is 15.6. The van der Waals surface area contributed by atoms with Crippen molar-refractivity contribution < 1.29 is 29.6 Å². The Morgan fingerprint density at radius 2 is 1.70 bits per heavy atom. The Bertz CT molecular complexity index is 300. The van der Waals surface area contributed by atoms with E-state index in [4.69, 9.17) is 9.84 Å². The first kappa shape index (κ1) is 18.9. The molecule has 3 N–H and O–H groups in total. The molecule has 0 amide bonds. The van der Waals surface area contributed by atoms with E-state index >= 15 is 0 Å². The van der Waals surface area contributed by atoms with E-state index < -0.39 is 23.8 Å². The maximum Gasteiger partial charge on any atom is 0.327 e. The average Bonchev–Trinajstić information content (AvgIpc) is 2.34. The molecule has 0 saturated heterocycles. The lowest BCUT2D eigenvalue weighted by atomic mass is 9.97. The van der Waals surface area contributed by atoms with Gasteiger partial charge in [0.1, 0.15) is 0 Å². The molecule has 0 radical (unpaired) electrons. The van der Waals surface area contributed by atoms with Crippen LogP contribution in [0.4, 0.5) is 0 Å². The summed E-state index contributed by atoms with van der Waals surface area (Å²) in [6.45, 7) is 3.81. The molecule has 0 aliphatic heterocycles. The number of carbonyl (C=O) groups is 2. The zero-order valence-electron chi connectivity index (χ0n) is 12.3. The van der Waals surface area contributed by atoms with Gasteiger partial charge in [-0.3, -0.25) is 9.59 Å². The van der Waals surface area contributed by atoms with Crippen LogP contribution in [-0.4, -0.2) is 33.2 Å². The number of carboxylic acid groups (broad SMARTS) is 1. The van der Waals surface area contributed by atoms with Gasteiger partial charge in [-0.1, -0.05) is 26.7 Å². The van der Waals surface area contributed by atoms with E-state index in [0.717, 1.165) is 12.8 Å². The van der Waals surface area contributed by atoms with E-state index in [1.165, 1.54) is 0 Å². The van der Waals surface area contributed by atoms with Crippen molar-refractivity contribution in [3.05, 3.63) is 0 Å². The second-order valence-electron chi connectivity index (χ2n) is 4.98. The van der Waals surface area contributed by atoms with E-state index in [2.05, 4.69) is 0 Å². The molecule has 1 unspecified atom stereocenters. The number of unbranched alkanes of at least 4 members (excludes halogenated alkanes) is 2. The van der Waals surface area contributed by atoms with Crippen molar-refractivity contribution in [3.63, 3.8) is 0 Å². The summed E-state index contributed by atoms with van der Waals surface area (Å²) in [5.74, 6) is -4.57. The topological polar surface area (TPSA) is 104 Å². The second-order valence-corrected chi connectivity index (χ2v) is 4.98. The predicted molar refractivity (Wildman–Crippen MR) is 72.7 cm³/mol. The first-order valence-electron chi connectivity index (χ1n) is 7.21. The first-order valence-corrected chi connectivity index (χ1v) is 7.21. The van der Waals surface area contributed by atoms with Gasteiger partial charge in [-0.15, -0.1) is 0 Å². The minimum Gasteiger partial charge on any atom is -0.481 e. The normalized spacial score (nSPS) is 13.0. The Morgan fingerprint density at radius 1 is 1.10 bits per heavy atom. The van der Waals surface area contributed by atoms with Gasteiger partial charge >= 0.3 is 17.9 Å². The molecular weight excluding hydrogens is 264 g/mol. The van der Waals surface area contributed by atoms with Gasteiger partial charge in [-0.05, 0) is 25.7 Å². The quantitative estimate of drug-likeness (QED) is 0.305. The van der Waals surface area contributed by atoms with E-state index in [0.29, 0.717) is 25.7 Å². The molecule has 6 heteroatoms. The number of carboxylic acids is 1. The van der Waals surface area contributed by atoms with Gasteiger partial charge in [0.05, 0.1) is 5.92 Å². The number of carbonyl (C=O) groups excluding carboxylic acids is 1. The van der Waals surface area contributed by atoms with Gasteiger partial charge in [-0.2, -0.15) is 0 Å². The molecule has 0 aromatic carbocycles. The molecule has 0 aromatic rings. The van der Waals surface area contributed by atoms with E-state index in [1.54, 1.807) is 0 Å². The summed E-state index contributed by atoms with van der Waals surface area (Å²) in [4.78, 5) is 21.8. The minimum absolute atomic E-state index is 0.00917. The molecule has 0 aliphatic rings. The fourth-order valence-electron chi connectivity index (χ4n) is 1.96. The monoisotopic (exact) mass is 290 g/mol. The SMILES string of the molecule is CCCCC(CC)C(O)(O)OC(=O)CCCCC(=O)O. The van der Waals surface area contributed by atoms with Gasteiger partial charge in [0, 0.05) is 12.8 Å². The third kappa shape index (κ3) is 8.12. The van der Waals surface area contributed by atoms with E-state index in [1.807, 2.05) is 13.8 Å². The van der Waals surface area contributed by atoms with Crippen molar-refractivity contribution in [3.8, 4) is 0 Å². The average molecular weight is 290 g/mol. The second kappa shape index (κ2) is 9.72. The summed E-state index contributed by atoms with van der Waals surface area (Å²) in [5, 5.41) is 28.1. The number of hydrogen-bond donors (Lipinski definition) is 3. The van der Waals surface area contributed by atoms with Crippen LogP contribution in [0.25, 0.3) is 0 Å². The van der Waals surface area contributed by atoms with Gasteiger partial charge < -0.3 is 20.1 Å². The lowest BCUT2D eigenvalue weighted by molar-refractivity contribution is -0.348. The largest absolute Gasteiger partial charge is 0.481 e. The molecule has 0 rings (SSSR count). The van der Waals surface area contributed by atoms with Gasteiger partial charge in [-0.25, -0.2) is 0 Å². The maximum absolute atomic E-state index is 11.5. The molecule has 0 fully saturated rings. The van der Waals surface area contributed by atoms with Crippen LogP contribution in [0.5, 0.6) is 0 Å². The Morgan fingerprint density at radius 3 is 2.20 bits per heavy atom. The number of hydrogen-bond acceptors (Lipinski definition) is 5.